The first kappa shape index (κ1) is 26.0. The molecule has 2 saturated heterocycles. The SMILES string of the molecule is Cc1c(C(=O)N2CC(NC3CCN(C(=O)c4cscn4)C3)C2)sc2ccc(-c3cccc(C(F)(F)F)c3)cc12. The highest BCUT2D eigenvalue weighted by atomic mass is 32.1. The number of hydrogen-bond acceptors (Lipinski definition) is 6. The summed E-state index contributed by atoms with van der Waals surface area (Å²) in [5, 5.41) is 6.22. The van der Waals surface area contributed by atoms with Crippen molar-refractivity contribution in [2.24, 2.45) is 0 Å². The molecule has 2 aliphatic heterocycles. The van der Waals surface area contributed by atoms with Gasteiger partial charge in [0, 0.05) is 48.3 Å². The average Bonchev–Trinajstić information content (AvgIpc) is 3.66. The first-order valence-corrected chi connectivity index (χ1v) is 14.4. The number of aryl methyl sites for hydroxylation is 1. The van der Waals surface area contributed by atoms with Gasteiger partial charge in [0.15, 0.2) is 0 Å². The average molecular weight is 571 g/mol. The van der Waals surface area contributed by atoms with Crippen LogP contribution in [0.1, 0.15) is 37.7 Å². The zero-order chi connectivity index (χ0) is 27.3. The maximum atomic E-state index is 13.3. The zero-order valence-corrected chi connectivity index (χ0v) is 22.6. The van der Waals surface area contributed by atoms with E-state index in [-0.39, 0.29) is 23.9 Å². The molecule has 4 heterocycles. The lowest BCUT2D eigenvalue weighted by Crippen LogP contribution is -2.62. The van der Waals surface area contributed by atoms with Gasteiger partial charge in [-0.05, 0) is 59.7 Å². The number of thiophene rings is 1. The van der Waals surface area contributed by atoms with E-state index in [1.54, 1.807) is 23.0 Å². The minimum atomic E-state index is -4.40. The Labute approximate surface area is 231 Å². The fourth-order valence-electron chi connectivity index (χ4n) is 5.27. The summed E-state index contributed by atoms with van der Waals surface area (Å²) >= 11 is 2.82. The van der Waals surface area contributed by atoms with Gasteiger partial charge in [-0.2, -0.15) is 13.2 Å². The topological polar surface area (TPSA) is 65.5 Å². The number of hydrogen-bond donors (Lipinski definition) is 1. The Morgan fingerprint density at radius 1 is 1.00 bits per heavy atom. The van der Waals surface area contributed by atoms with Crippen LogP contribution in [0.3, 0.4) is 0 Å². The van der Waals surface area contributed by atoms with Crippen molar-refractivity contribution >= 4 is 44.6 Å². The molecule has 39 heavy (non-hydrogen) atoms. The largest absolute Gasteiger partial charge is 0.416 e. The number of fused-ring (bicyclic) bond motifs is 1. The van der Waals surface area contributed by atoms with Crippen LogP contribution >= 0.6 is 22.7 Å². The summed E-state index contributed by atoms with van der Waals surface area (Å²) in [5.41, 5.74) is 3.47. The van der Waals surface area contributed by atoms with Gasteiger partial charge in [0.25, 0.3) is 11.8 Å². The number of carbonyl (C=O) groups is 2. The summed E-state index contributed by atoms with van der Waals surface area (Å²) in [6, 6.07) is 11.2. The summed E-state index contributed by atoms with van der Waals surface area (Å²) in [6.45, 7) is 4.40. The monoisotopic (exact) mass is 570 g/mol. The fraction of sp³-hybridized carbons (Fsp3) is 0.321. The first-order chi connectivity index (χ1) is 18.7. The van der Waals surface area contributed by atoms with Crippen LogP contribution in [-0.2, 0) is 6.18 Å². The van der Waals surface area contributed by atoms with Crippen LogP contribution in [-0.4, -0.2) is 64.9 Å². The maximum Gasteiger partial charge on any atom is 0.416 e. The normalized spacial score (nSPS) is 18.1. The molecule has 0 radical (unpaired) electrons. The van der Waals surface area contributed by atoms with Gasteiger partial charge >= 0.3 is 6.18 Å². The third kappa shape index (κ3) is 5.06. The van der Waals surface area contributed by atoms with Crippen LogP contribution < -0.4 is 5.32 Å². The molecule has 1 N–H and O–H groups in total. The van der Waals surface area contributed by atoms with Crippen LogP contribution in [0.2, 0.25) is 0 Å². The lowest BCUT2D eigenvalue weighted by atomic mass is 10.00. The molecule has 0 saturated carbocycles. The van der Waals surface area contributed by atoms with Crippen LogP contribution in [0, 0.1) is 6.92 Å². The van der Waals surface area contributed by atoms with E-state index in [4.69, 9.17) is 0 Å². The van der Waals surface area contributed by atoms with Crippen molar-refractivity contribution in [3.05, 3.63) is 75.1 Å². The minimum absolute atomic E-state index is 0.0286. The summed E-state index contributed by atoms with van der Waals surface area (Å²) in [7, 11) is 0. The second kappa shape index (κ2) is 10.0. The van der Waals surface area contributed by atoms with Gasteiger partial charge in [-0.1, -0.05) is 18.2 Å². The molecule has 0 bridgehead atoms. The molecule has 2 aromatic carbocycles. The molecule has 2 aliphatic rings. The molecule has 2 amide bonds. The number of amides is 2. The Balaban J connectivity index is 1.09. The molecule has 0 spiro atoms. The van der Waals surface area contributed by atoms with Crippen molar-refractivity contribution in [2.45, 2.75) is 31.6 Å². The van der Waals surface area contributed by atoms with Crippen molar-refractivity contribution in [1.82, 2.24) is 20.1 Å². The van der Waals surface area contributed by atoms with Gasteiger partial charge in [-0.15, -0.1) is 22.7 Å². The van der Waals surface area contributed by atoms with Crippen LogP contribution in [0.4, 0.5) is 13.2 Å². The van der Waals surface area contributed by atoms with Crippen molar-refractivity contribution in [2.75, 3.05) is 26.2 Å². The Morgan fingerprint density at radius 2 is 1.77 bits per heavy atom. The van der Waals surface area contributed by atoms with Crippen LogP contribution in [0.25, 0.3) is 21.2 Å². The van der Waals surface area contributed by atoms with E-state index in [9.17, 15) is 22.8 Å². The van der Waals surface area contributed by atoms with E-state index in [1.165, 1.54) is 28.7 Å². The molecule has 2 fully saturated rings. The van der Waals surface area contributed by atoms with Crippen LogP contribution in [0.15, 0.2) is 53.4 Å². The van der Waals surface area contributed by atoms with Crippen molar-refractivity contribution < 1.29 is 22.8 Å². The highest BCUT2D eigenvalue weighted by Crippen LogP contribution is 2.37. The zero-order valence-electron chi connectivity index (χ0n) is 21.0. The number of benzene rings is 2. The molecule has 0 aliphatic carbocycles. The predicted octanol–water partition coefficient (Wildman–Crippen LogP) is 5.68. The standard InChI is InChI=1S/C28H25F3N4O2S2/c1-16-22-10-18(17-3-2-4-19(9-17)28(29,30)31)5-6-24(22)39-25(16)27(37)35-12-21(13-35)33-20-7-8-34(11-20)26(36)23-14-38-15-32-23/h2-6,9-10,14-15,20-21,33H,7-8,11-13H2,1H3. The van der Waals surface area contributed by atoms with Gasteiger partial charge in [0.1, 0.15) is 5.69 Å². The molecular weight excluding hydrogens is 545 g/mol. The van der Waals surface area contributed by atoms with Crippen molar-refractivity contribution in [1.29, 1.82) is 0 Å². The third-order valence-corrected chi connectivity index (χ3v) is 9.27. The van der Waals surface area contributed by atoms with Crippen LogP contribution in [0.5, 0.6) is 0 Å². The second-order valence-electron chi connectivity index (χ2n) is 10.0. The van der Waals surface area contributed by atoms with E-state index in [0.29, 0.717) is 47.9 Å². The minimum Gasteiger partial charge on any atom is -0.336 e. The molecule has 2 aromatic heterocycles. The molecule has 202 valence electrons. The molecule has 1 unspecified atom stereocenters. The Kier molecular flexibility index (Phi) is 6.68. The summed E-state index contributed by atoms with van der Waals surface area (Å²) in [6.07, 6.45) is -3.54. The molecule has 6 nitrogen and oxygen atoms in total. The summed E-state index contributed by atoms with van der Waals surface area (Å²) < 4.78 is 40.5. The predicted molar refractivity (Wildman–Crippen MR) is 146 cm³/mol. The van der Waals surface area contributed by atoms with Gasteiger partial charge in [-0.25, -0.2) is 4.98 Å². The molecule has 4 aromatic rings. The second-order valence-corrected chi connectivity index (χ2v) is 11.8. The van der Waals surface area contributed by atoms with E-state index in [0.717, 1.165) is 34.2 Å². The van der Waals surface area contributed by atoms with Gasteiger partial charge < -0.3 is 15.1 Å². The number of alkyl halides is 3. The number of carbonyl (C=O) groups excluding carboxylic acids is 2. The number of nitrogens with zero attached hydrogens (tertiary/aromatic N) is 3. The number of halogens is 3. The molecular formula is C28H25F3N4O2S2. The smallest absolute Gasteiger partial charge is 0.336 e. The van der Waals surface area contributed by atoms with E-state index >= 15 is 0 Å². The Morgan fingerprint density at radius 3 is 2.51 bits per heavy atom. The maximum absolute atomic E-state index is 13.3. The lowest BCUT2D eigenvalue weighted by molar-refractivity contribution is -0.137. The molecule has 1 atom stereocenters. The van der Waals surface area contributed by atoms with Crippen molar-refractivity contribution in [3.8, 4) is 11.1 Å². The number of rotatable bonds is 5. The number of thiazole rings is 1. The first-order valence-electron chi connectivity index (χ1n) is 12.6. The van der Waals surface area contributed by atoms with Crippen molar-refractivity contribution in [3.63, 3.8) is 0 Å². The number of aromatic nitrogens is 1. The van der Waals surface area contributed by atoms with E-state index < -0.39 is 11.7 Å². The quantitative estimate of drug-likeness (QED) is 0.335. The summed E-state index contributed by atoms with van der Waals surface area (Å²) in [4.78, 5) is 34.2. The number of likely N-dealkylation sites (tertiary alicyclic amines) is 2. The van der Waals surface area contributed by atoms with E-state index in [1.807, 2.05) is 28.9 Å². The van der Waals surface area contributed by atoms with Gasteiger partial charge in [-0.3, -0.25) is 9.59 Å². The fourth-order valence-corrected chi connectivity index (χ4v) is 6.95. The van der Waals surface area contributed by atoms with Gasteiger partial charge in [0.2, 0.25) is 0 Å². The number of nitrogens with one attached hydrogen (secondary N) is 1. The highest BCUT2D eigenvalue weighted by molar-refractivity contribution is 7.21. The summed E-state index contributed by atoms with van der Waals surface area (Å²) in [5.74, 6) is -0.0680. The van der Waals surface area contributed by atoms with E-state index in [2.05, 4.69) is 10.3 Å². The Hall–Kier alpha value is -3.28. The lowest BCUT2D eigenvalue weighted by Gasteiger charge is -2.41. The molecule has 6 rings (SSSR count). The van der Waals surface area contributed by atoms with Gasteiger partial charge in [0.05, 0.1) is 16.0 Å². The Bertz CT molecular complexity index is 1540. The molecule has 11 heteroatoms. The third-order valence-electron chi connectivity index (χ3n) is 7.42. The highest BCUT2D eigenvalue weighted by Gasteiger charge is 2.36.